The number of amides is 1. The SMILES string of the molecule is COc1ccc(OC)c(/C=C2\NC(=S)N(c3ccccc3)C2=O)c1. The van der Waals surface area contributed by atoms with Crippen LogP contribution in [0.2, 0.25) is 0 Å². The predicted molar refractivity (Wildman–Crippen MR) is 97.2 cm³/mol. The molecule has 3 rings (SSSR count). The van der Waals surface area contributed by atoms with Crippen molar-refractivity contribution in [2.75, 3.05) is 19.1 Å². The molecular weight excluding hydrogens is 324 g/mol. The third-order valence-electron chi connectivity index (χ3n) is 3.63. The molecule has 0 atom stereocenters. The summed E-state index contributed by atoms with van der Waals surface area (Å²) in [5.41, 5.74) is 1.84. The monoisotopic (exact) mass is 340 g/mol. The quantitative estimate of drug-likeness (QED) is 0.685. The van der Waals surface area contributed by atoms with Gasteiger partial charge in [-0.3, -0.25) is 9.69 Å². The van der Waals surface area contributed by atoms with E-state index >= 15 is 0 Å². The molecule has 0 aliphatic carbocycles. The Kier molecular flexibility index (Phi) is 4.48. The van der Waals surface area contributed by atoms with Crippen LogP contribution in [0.3, 0.4) is 0 Å². The fourth-order valence-electron chi connectivity index (χ4n) is 2.45. The van der Waals surface area contributed by atoms with Crippen molar-refractivity contribution in [3.05, 3.63) is 59.8 Å². The number of carbonyl (C=O) groups excluding carboxylic acids is 1. The maximum absolute atomic E-state index is 12.7. The number of nitrogens with one attached hydrogen (secondary N) is 1. The lowest BCUT2D eigenvalue weighted by Gasteiger charge is -2.13. The van der Waals surface area contributed by atoms with Gasteiger partial charge in [0.25, 0.3) is 5.91 Å². The predicted octanol–water partition coefficient (Wildman–Crippen LogP) is 2.97. The van der Waals surface area contributed by atoms with Crippen LogP contribution in [0, 0.1) is 0 Å². The van der Waals surface area contributed by atoms with E-state index in [1.165, 1.54) is 4.90 Å². The van der Waals surface area contributed by atoms with Crippen LogP contribution in [0.5, 0.6) is 11.5 Å². The van der Waals surface area contributed by atoms with Crippen LogP contribution in [0.1, 0.15) is 5.56 Å². The second-order valence-corrected chi connectivity index (χ2v) is 5.46. The lowest BCUT2D eigenvalue weighted by atomic mass is 10.1. The molecule has 2 aromatic carbocycles. The first-order valence-electron chi connectivity index (χ1n) is 7.28. The van der Waals surface area contributed by atoms with Gasteiger partial charge in [-0.15, -0.1) is 0 Å². The summed E-state index contributed by atoms with van der Waals surface area (Å²) in [6, 6.07) is 14.7. The number of para-hydroxylation sites is 1. The number of ether oxygens (including phenoxy) is 2. The Morgan fingerprint density at radius 1 is 1.08 bits per heavy atom. The minimum absolute atomic E-state index is 0.212. The minimum Gasteiger partial charge on any atom is -0.497 e. The van der Waals surface area contributed by atoms with Crippen LogP contribution in [-0.4, -0.2) is 25.2 Å². The van der Waals surface area contributed by atoms with Crippen LogP contribution in [0.15, 0.2) is 54.2 Å². The molecule has 0 bridgehead atoms. The highest BCUT2D eigenvalue weighted by Crippen LogP contribution is 2.28. The van der Waals surface area contributed by atoms with Crippen LogP contribution in [0.4, 0.5) is 5.69 Å². The normalized spacial score (nSPS) is 15.6. The number of hydrogen-bond donors (Lipinski definition) is 1. The van der Waals surface area contributed by atoms with Gasteiger partial charge in [-0.25, -0.2) is 0 Å². The zero-order valence-electron chi connectivity index (χ0n) is 13.3. The molecule has 1 aliphatic rings. The molecule has 5 nitrogen and oxygen atoms in total. The van der Waals surface area contributed by atoms with Gasteiger partial charge in [-0.2, -0.15) is 0 Å². The van der Waals surface area contributed by atoms with E-state index in [-0.39, 0.29) is 5.91 Å². The summed E-state index contributed by atoms with van der Waals surface area (Å²) < 4.78 is 10.6. The smallest absolute Gasteiger partial charge is 0.281 e. The fourth-order valence-corrected chi connectivity index (χ4v) is 2.75. The summed E-state index contributed by atoms with van der Waals surface area (Å²) in [4.78, 5) is 14.2. The number of hydrogen-bond acceptors (Lipinski definition) is 4. The summed E-state index contributed by atoms with van der Waals surface area (Å²) in [7, 11) is 3.17. The largest absolute Gasteiger partial charge is 0.497 e. The number of rotatable bonds is 4. The lowest BCUT2D eigenvalue weighted by molar-refractivity contribution is -0.113. The standard InChI is InChI=1S/C18H16N2O3S/c1-22-14-8-9-16(23-2)12(10-14)11-15-17(21)20(18(24)19-15)13-6-4-3-5-7-13/h3-11H,1-2H3,(H,19,24)/b15-11-. The van der Waals surface area contributed by atoms with Gasteiger partial charge in [0.15, 0.2) is 5.11 Å². The van der Waals surface area contributed by atoms with Crippen molar-refractivity contribution in [3.8, 4) is 11.5 Å². The molecule has 1 heterocycles. The molecule has 1 fully saturated rings. The first-order valence-corrected chi connectivity index (χ1v) is 7.69. The Morgan fingerprint density at radius 2 is 1.83 bits per heavy atom. The topological polar surface area (TPSA) is 50.8 Å². The Balaban J connectivity index is 1.98. The number of carbonyl (C=O) groups is 1. The van der Waals surface area contributed by atoms with Crippen LogP contribution >= 0.6 is 12.2 Å². The Hall–Kier alpha value is -2.86. The maximum Gasteiger partial charge on any atom is 0.281 e. The van der Waals surface area contributed by atoms with Crippen molar-refractivity contribution >= 4 is 35.0 Å². The molecule has 0 radical (unpaired) electrons. The van der Waals surface area contributed by atoms with Crippen molar-refractivity contribution in [2.45, 2.75) is 0 Å². The van der Waals surface area contributed by atoms with Gasteiger partial charge in [0.2, 0.25) is 0 Å². The van der Waals surface area contributed by atoms with Crippen molar-refractivity contribution in [1.29, 1.82) is 0 Å². The van der Waals surface area contributed by atoms with E-state index in [4.69, 9.17) is 21.7 Å². The second kappa shape index (κ2) is 6.72. The molecule has 0 spiro atoms. The molecular formula is C18H16N2O3S. The molecule has 1 aliphatic heterocycles. The molecule has 6 heteroatoms. The average molecular weight is 340 g/mol. The van der Waals surface area contributed by atoms with E-state index in [0.717, 1.165) is 11.3 Å². The fraction of sp³-hybridized carbons (Fsp3) is 0.111. The number of thiocarbonyl (C=S) groups is 1. The summed E-state index contributed by atoms with van der Waals surface area (Å²) in [6.07, 6.45) is 1.71. The Morgan fingerprint density at radius 3 is 2.50 bits per heavy atom. The lowest BCUT2D eigenvalue weighted by Crippen LogP contribution is -2.30. The van der Waals surface area contributed by atoms with E-state index in [9.17, 15) is 4.79 Å². The van der Waals surface area contributed by atoms with E-state index in [1.54, 1.807) is 38.5 Å². The average Bonchev–Trinajstić information content (AvgIpc) is 2.89. The number of benzene rings is 2. The van der Waals surface area contributed by atoms with E-state index in [1.807, 2.05) is 30.3 Å². The third kappa shape index (κ3) is 2.96. The summed E-state index contributed by atoms with van der Waals surface area (Å²) in [5, 5.41) is 3.31. The van der Waals surface area contributed by atoms with Crippen molar-refractivity contribution < 1.29 is 14.3 Å². The van der Waals surface area contributed by atoms with Crippen LogP contribution in [0.25, 0.3) is 6.08 Å². The third-order valence-corrected chi connectivity index (χ3v) is 3.91. The zero-order chi connectivity index (χ0) is 17.1. The molecule has 1 saturated heterocycles. The maximum atomic E-state index is 12.7. The van der Waals surface area contributed by atoms with E-state index in [0.29, 0.717) is 22.3 Å². The molecule has 0 saturated carbocycles. The second-order valence-electron chi connectivity index (χ2n) is 5.07. The van der Waals surface area contributed by atoms with Crippen LogP contribution in [-0.2, 0) is 4.79 Å². The Bertz CT molecular complexity index is 818. The number of nitrogens with zero attached hydrogens (tertiary/aromatic N) is 1. The number of anilines is 1. The molecule has 122 valence electrons. The van der Waals surface area contributed by atoms with Gasteiger partial charge < -0.3 is 14.8 Å². The van der Waals surface area contributed by atoms with Crippen molar-refractivity contribution in [2.24, 2.45) is 0 Å². The van der Waals surface area contributed by atoms with Gasteiger partial charge in [-0.05, 0) is 48.6 Å². The van der Waals surface area contributed by atoms with Gasteiger partial charge in [-0.1, -0.05) is 18.2 Å². The highest BCUT2D eigenvalue weighted by molar-refractivity contribution is 7.80. The molecule has 1 amide bonds. The minimum atomic E-state index is -0.212. The van der Waals surface area contributed by atoms with E-state index < -0.39 is 0 Å². The van der Waals surface area contributed by atoms with Crippen molar-refractivity contribution in [1.82, 2.24) is 5.32 Å². The summed E-state index contributed by atoms with van der Waals surface area (Å²) in [5.74, 6) is 1.11. The zero-order valence-corrected chi connectivity index (χ0v) is 14.1. The highest BCUT2D eigenvalue weighted by atomic mass is 32.1. The number of methoxy groups -OCH3 is 2. The first kappa shape index (κ1) is 16.0. The molecule has 0 unspecified atom stereocenters. The van der Waals surface area contributed by atoms with Crippen molar-refractivity contribution in [3.63, 3.8) is 0 Å². The van der Waals surface area contributed by atoms with Gasteiger partial charge >= 0.3 is 0 Å². The molecule has 0 aromatic heterocycles. The summed E-state index contributed by atoms with van der Waals surface area (Å²) in [6.45, 7) is 0. The van der Waals surface area contributed by atoms with Gasteiger partial charge in [0.05, 0.1) is 19.9 Å². The van der Waals surface area contributed by atoms with Gasteiger partial charge in [0.1, 0.15) is 17.2 Å². The van der Waals surface area contributed by atoms with Gasteiger partial charge in [0, 0.05) is 5.56 Å². The molecule has 24 heavy (non-hydrogen) atoms. The first-order chi connectivity index (χ1) is 11.6. The Labute approximate surface area is 145 Å². The molecule has 2 aromatic rings. The highest BCUT2D eigenvalue weighted by Gasteiger charge is 2.32. The molecule has 1 N–H and O–H groups in total. The van der Waals surface area contributed by atoms with E-state index in [2.05, 4.69) is 5.32 Å². The summed E-state index contributed by atoms with van der Waals surface area (Å²) >= 11 is 5.30. The van der Waals surface area contributed by atoms with Crippen LogP contribution < -0.4 is 19.7 Å².